The van der Waals surface area contributed by atoms with Gasteiger partial charge >= 0.3 is 6.03 Å². The molecule has 1 heterocycles. The SMILES string of the molecule is COc1cccc(NC(=O)CN(C)C(=O)CN2C(=O)CN(C)C2=O)c1. The van der Waals surface area contributed by atoms with Crippen LogP contribution in [0.4, 0.5) is 10.5 Å². The van der Waals surface area contributed by atoms with Crippen LogP contribution in [0.3, 0.4) is 0 Å². The van der Waals surface area contributed by atoms with Gasteiger partial charge in [-0.3, -0.25) is 19.3 Å². The minimum atomic E-state index is -0.521. The summed E-state index contributed by atoms with van der Waals surface area (Å²) in [5, 5.41) is 2.65. The zero-order valence-electron chi connectivity index (χ0n) is 14.3. The summed E-state index contributed by atoms with van der Waals surface area (Å²) in [6.45, 7) is -0.640. The Morgan fingerprint density at radius 2 is 2.04 bits per heavy atom. The highest BCUT2D eigenvalue weighted by molar-refractivity contribution is 6.04. The quantitative estimate of drug-likeness (QED) is 0.729. The number of ether oxygens (including phenoxy) is 1. The van der Waals surface area contributed by atoms with Crippen LogP contribution in [0.1, 0.15) is 0 Å². The van der Waals surface area contributed by atoms with Crippen molar-refractivity contribution in [3.05, 3.63) is 24.3 Å². The predicted octanol–water partition coefficient (Wildman–Crippen LogP) is -0.0139. The zero-order chi connectivity index (χ0) is 18.6. The average molecular weight is 348 g/mol. The molecule has 1 aliphatic rings. The van der Waals surface area contributed by atoms with Gasteiger partial charge in [-0.1, -0.05) is 6.07 Å². The number of amides is 5. The lowest BCUT2D eigenvalue weighted by Gasteiger charge is -2.20. The van der Waals surface area contributed by atoms with Gasteiger partial charge in [-0.05, 0) is 12.1 Å². The van der Waals surface area contributed by atoms with E-state index in [0.29, 0.717) is 11.4 Å². The molecule has 1 fully saturated rings. The molecule has 0 saturated carbocycles. The Kier molecular flexibility index (Phi) is 5.58. The van der Waals surface area contributed by atoms with Crippen LogP contribution in [0.15, 0.2) is 24.3 Å². The van der Waals surface area contributed by atoms with Crippen LogP contribution in [-0.4, -0.2) is 79.3 Å². The average Bonchev–Trinajstić information content (AvgIpc) is 2.81. The van der Waals surface area contributed by atoms with Crippen LogP contribution in [0.2, 0.25) is 0 Å². The van der Waals surface area contributed by atoms with Crippen molar-refractivity contribution >= 4 is 29.4 Å². The van der Waals surface area contributed by atoms with Crippen molar-refractivity contribution in [2.75, 3.05) is 46.2 Å². The molecule has 0 aromatic heterocycles. The molecule has 1 saturated heterocycles. The number of rotatable bonds is 6. The Labute approximate surface area is 145 Å². The molecule has 2 rings (SSSR count). The topological polar surface area (TPSA) is 99.3 Å². The third-order valence-electron chi connectivity index (χ3n) is 3.68. The summed E-state index contributed by atoms with van der Waals surface area (Å²) in [5.74, 6) is -0.745. The Bertz CT molecular complexity index is 706. The van der Waals surface area contributed by atoms with E-state index in [9.17, 15) is 19.2 Å². The molecule has 9 heteroatoms. The van der Waals surface area contributed by atoms with Gasteiger partial charge in [0.05, 0.1) is 13.7 Å². The van der Waals surface area contributed by atoms with E-state index in [2.05, 4.69) is 5.32 Å². The van der Waals surface area contributed by atoms with Gasteiger partial charge in [0.1, 0.15) is 18.8 Å². The summed E-state index contributed by atoms with van der Waals surface area (Å²) in [4.78, 5) is 50.9. The minimum Gasteiger partial charge on any atom is -0.497 e. The number of anilines is 1. The number of urea groups is 1. The predicted molar refractivity (Wildman–Crippen MR) is 89.0 cm³/mol. The maximum atomic E-state index is 12.1. The minimum absolute atomic E-state index is 0.0495. The van der Waals surface area contributed by atoms with E-state index >= 15 is 0 Å². The van der Waals surface area contributed by atoms with Gasteiger partial charge in [-0.25, -0.2) is 4.79 Å². The Morgan fingerprint density at radius 3 is 2.64 bits per heavy atom. The molecule has 1 aliphatic heterocycles. The second-order valence-corrected chi connectivity index (χ2v) is 5.65. The molecule has 134 valence electrons. The van der Waals surface area contributed by atoms with Gasteiger partial charge < -0.3 is 19.9 Å². The lowest BCUT2D eigenvalue weighted by molar-refractivity contribution is -0.137. The zero-order valence-corrected chi connectivity index (χ0v) is 14.3. The van der Waals surface area contributed by atoms with Crippen molar-refractivity contribution in [3.63, 3.8) is 0 Å². The molecule has 0 atom stereocenters. The second kappa shape index (κ2) is 7.65. The normalized spacial score (nSPS) is 13.9. The first-order chi connectivity index (χ1) is 11.8. The summed E-state index contributed by atoms with van der Waals surface area (Å²) in [6.07, 6.45) is 0. The van der Waals surface area contributed by atoms with E-state index in [1.165, 1.54) is 26.1 Å². The summed E-state index contributed by atoms with van der Waals surface area (Å²) >= 11 is 0. The molecular formula is C16H20N4O5. The second-order valence-electron chi connectivity index (χ2n) is 5.65. The smallest absolute Gasteiger partial charge is 0.327 e. The maximum Gasteiger partial charge on any atom is 0.327 e. The summed E-state index contributed by atoms with van der Waals surface area (Å²) in [7, 11) is 4.43. The highest BCUT2D eigenvalue weighted by Crippen LogP contribution is 2.16. The van der Waals surface area contributed by atoms with E-state index in [0.717, 1.165) is 9.80 Å². The van der Waals surface area contributed by atoms with Crippen molar-refractivity contribution < 1.29 is 23.9 Å². The van der Waals surface area contributed by atoms with Crippen molar-refractivity contribution in [2.45, 2.75) is 0 Å². The monoisotopic (exact) mass is 348 g/mol. The standard InChI is InChI=1S/C16H20N4O5/c1-18(14(22)10-20-15(23)9-19(2)16(20)24)8-13(21)17-11-5-4-6-12(7-11)25-3/h4-7H,8-10H2,1-3H3,(H,17,21). The van der Waals surface area contributed by atoms with Crippen molar-refractivity contribution in [3.8, 4) is 5.75 Å². The fourth-order valence-corrected chi connectivity index (χ4v) is 2.29. The van der Waals surface area contributed by atoms with E-state index in [1.54, 1.807) is 24.3 Å². The summed E-state index contributed by atoms with van der Waals surface area (Å²) in [5.41, 5.74) is 0.539. The van der Waals surface area contributed by atoms with Crippen LogP contribution in [0.25, 0.3) is 0 Å². The van der Waals surface area contributed by atoms with Gasteiger partial charge in [0.25, 0.3) is 5.91 Å². The third-order valence-corrected chi connectivity index (χ3v) is 3.68. The number of imide groups is 1. The molecule has 9 nitrogen and oxygen atoms in total. The van der Waals surface area contributed by atoms with Gasteiger partial charge in [0, 0.05) is 25.8 Å². The molecule has 0 bridgehead atoms. The van der Waals surface area contributed by atoms with E-state index in [1.807, 2.05) is 0 Å². The maximum absolute atomic E-state index is 12.1. The Balaban J connectivity index is 1.88. The molecule has 0 radical (unpaired) electrons. The van der Waals surface area contributed by atoms with Gasteiger partial charge in [0.15, 0.2) is 0 Å². The molecule has 0 spiro atoms. The first-order valence-corrected chi connectivity index (χ1v) is 7.55. The van der Waals surface area contributed by atoms with E-state index in [4.69, 9.17) is 4.74 Å². The van der Waals surface area contributed by atoms with Crippen molar-refractivity contribution in [1.82, 2.24) is 14.7 Å². The highest BCUT2D eigenvalue weighted by atomic mass is 16.5. The Hall–Kier alpha value is -3.10. The highest BCUT2D eigenvalue weighted by Gasteiger charge is 2.35. The van der Waals surface area contributed by atoms with E-state index in [-0.39, 0.29) is 19.6 Å². The molecule has 1 aromatic rings. The van der Waals surface area contributed by atoms with Crippen LogP contribution in [0.5, 0.6) is 5.75 Å². The van der Waals surface area contributed by atoms with Crippen LogP contribution in [-0.2, 0) is 14.4 Å². The third kappa shape index (κ3) is 4.46. The number of nitrogens with zero attached hydrogens (tertiary/aromatic N) is 3. The largest absolute Gasteiger partial charge is 0.497 e. The summed E-state index contributed by atoms with van der Waals surface area (Å²) in [6, 6.07) is 6.29. The van der Waals surface area contributed by atoms with E-state index < -0.39 is 23.8 Å². The molecular weight excluding hydrogens is 328 g/mol. The molecule has 0 aliphatic carbocycles. The fourth-order valence-electron chi connectivity index (χ4n) is 2.29. The van der Waals surface area contributed by atoms with Crippen molar-refractivity contribution in [2.24, 2.45) is 0 Å². The Morgan fingerprint density at radius 1 is 1.32 bits per heavy atom. The molecule has 5 amide bonds. The van der Waals surface area contributed by atoms with Crippen LogP contribution < -0.4 is 10.1 Å². The fraction of sp³-hybridized carbons (Fsp3) is 0.375. The lowest BCUT2D eigenvalue weighted by atomic mass is 10.3. The summed E-state index contributed by atoms with van der Waals surface area (Å²) < 4.78 is 5.07. The lowest BCUT2D eigenvalue weighted by Crippen LogP contribution is -2.44. The van der Waals surface area contributed by atoms with Gasteiger partial charge in [-0.2, -0.15) is 0 Å². The van der Waals surface area contributed by atoms with Gasteiger partial charge in [-0.15, -0.1) is 0 Å². The van der Waals surface area contributed by atoms with Crippen molar-refractivity contribution in [1.29, 1.82) is 0 Å². The van der Waals surface area contributed by atoms with Gasteiger partial charge in [0.2, 0.25) is 11.8 Å². The number of methoxy groups -OCH3 is 1. The number of hydrogen-bond acceptors (Lipinski definition) is 5. The first kappa shape index (κ1) is 18.2. The number of benzene rings is 1. The molecule has 0 unspecified atom stereocenters. The number of carbonyl (C=O) groups excluding carboxylic acids is 4. The molecule has 1 aromatic carbocycles. The molecule has 1 N–H and O–H groups in total. The molecule has 25 heavy (non-hydrogen) atoms. The number of hydrogen-bond donors (Lipinski definition) is 1. The number of carbonyl (C=O) groups is 4. The number of nitrogens with one attached hydrogen (secondary N) is 1. The van der Waals surface area contributed by atoms with Crippen LogP contribution in [0, 0.1) is 0 Å². The van der Waals surface area contributed by atoms with Crippen LogP contribution >= 0.6 is 0 Å². The first-order valence-electron chi connectivity index (χ1n) is 7.55. The number of likely N-dealkylation sites (N-methyl/N-ethyl adjacent to an activating group) is 2.